The third-order valence-corrected chi connectivity index (χ3v) is 4.56. The number of benzene rings is 1. The molecular formula is C16H26OS. The minimum Gasteiger partial charge on any atom is -0.392 e. The number of rotatable bonds is 6. The Hall–Kier alpha value is -0.470. The van der Waals surface area contributed by atoms with Gasteiger partial charge < -0.3 is 5.11 Å². The molecule has 18 heavy (non-hydrogen) atoms. The van der Waals surface area contributed by atoms with Gasteiger partial charge in [0, 0.05) is 5.75 Å². The average molecular weight is 266 g/mol. The first-order chi connectivity index (χ1) is 8.40. The van der Waals surface area contributed by atoms with Crippen LogP contribution in [0.1, 0.15) is 36.1 Å². The number of aliphatic hydroxyl groups excluding tert-OH is 1. The molecule has 0 saturated heterocycles. The fraction of sp³-hybridized carbons (Fsp3) is 0.625. The highest BCUT2D eigenvalue weighted by Crippen LogP contribution is 2.19. The maximum atomic E-state index is 10.1. The lowest BCUT2D eigenvalue weighted by Crippen LogP contribution is -2.16. The minimum absolute atomic E-state index is 0.228. The van der Waals surface area contributed by atoms with Crippen LogP contribution < -0.4 is 0 Å². The standard InChI is InChI=1S/C16H26OS/c1-11(2)9-18-10-15(17)8-16-13(4)6-12(3)7-14(16)5/h6-7,11,15,17H,8-10H2,1-5H3. The summed E-state index contributed by atoms with van der Waals surface area (Å²) in [6.07, 6.45) is 0.553. The lowest BCUT2D eigenvalue weighted by molar-refractivity contribution is 0.199. The first kappa shape index (κ1) is 15.6. The van der Waals surface area contributed by atoms with Crippen LogP contribution in [-0.2, 0) is 6.42 Å². The summed E-state index contributed by atoms with van der Waals surface area (Å²) in [6, 6.07) is 4.41. The van der Waals surface area contributed by atoms with Crippen molar-refractivity contribution in [2.45, 2.75) is 47.1 Å². The van der Waals surface area contributed by atoms with Gasteiger partial charge in [-0.3, -0.25) is 0 Å². The van der Waals surface area contributed by atoms with Gasteiger partial charge in [-0.1, -0.05) is 31.5 Å². The van der Waals surface area contributed by atoms with Crippen LogP contribution in [0.15, 0.2) is 12.1 Å². The summed E-state index contributed by atoms with van der Waals surface area (Å²) in [5, 5.41) is 10.1. The van der Waals surface area contributed by atoms with E-state index in [0.717, 1.165) is 17.9 Å². The van der Waals surface area contributed by atoms with Crippen molar-refractivity contribution in [3.05, 3.63) is 34.4 Å². The molecule has 1 rings (SSSR count). The minimum atomic E-state index is -0.228. The molecule has 1 atom stereocenters. The Labute approximate surface area is 116 Å². The average Bonchev–Trinajstić information content (AvgIpc) is 2.22. The molecule has 1 aromatic rings. The van der Waals surface area contributed by atoms with Gasteiger partial charge in [0.1, 0.15) is 0 Å². The van der Waals surface area contributed by atoms with E-state index in [9.17, 15) is 5.11 Å². The molecule has 0 heterocycles. The Kier molecular flexibility index (Phi) is 6.24. The monoisotopic (exact) mass is 266 g/mol. The van der Waals surface area contributed by atoms with Crippen LogP contribution in [-0.4, -0.2) is 22.7 Å². The van der Waals surface area contributed by atoms with E-state index in [1.54, 1.807) is 0 Å². The van der Waals surface area contributed by atoms with Crippen molar-refractivity contribution in [2.75, 3.05) is 11.5 Å². The molecule has 0 aromatic heterocycles. The van der Waals surface area contributed by atoms with Gasteiger partial charge in [-0.25, -0.2) is 0 Å². The van der Waals surface area contributed by atoms with Gasteiger partial charge in [-0.15, -0.1) is 0 Å². The van der Waals surface area contributed by atoms with Crippen LogP contribution in [0.2, 0.25) is 0 Å². The van der Waals surface area contributed by atoms with Gasteiger partial charge in [0.2, 0.25) is 0 Å². The zero-order valence-corrected chi connectivity index (χ0v) is 13.1. The second-order valence-electron chi connectivity index (χ2n) is 5.67. The van der Waals surface area contributed by atoms with Crippen LogP contribution >= 0.6 is 11.8 Å². The van der Waals surface area contributed by atoms with Crippen molar-refractivity contribution in [1.82, 2.24) is 0 Å². The number of aliphatic hydroxyl groups is 1. The van der Waals surface area contributed by atoms with Gasteiger partial charge in [0.25, 0.3) is 0 Å². The predicted octanol–water partition coefficient (Wildman–Crippen LogP) is 3.90. The zero-order chi connectivity index (χ0) is 13.7. The highest BCUT2D eigenvalue weighted by molar-refractivity contribution is 7.99. The lowest BCUT2D eigenvalue weighted by atomic mass is 9.96. The van der Waals surface area contributed by atoms with Crippen LogP contribution in [0.25, 0.3) is 0 Å². The van der Waals surface area contributed by atoms with E-state index in [4.69, 9.17) is 0 Å². The molecule has 0 radical (unpaired) electrons. The normalized spacial score (nSPS) is 13.1. The number of thioether (sulfide) groups is 1. The molecule has 0 aliphatic carbocycles. The Bertz CT molecular complexity index is 362. The maximum Gasteiger partial charge on any atom is 0.0671 e. The van der Waals surface area contributed by atoms with E-state index in [2.05, 4.69) is 46.8 Å². The fourth-order valence-corrected chi connectivity index (χ4v) is 3.26. The van der Waals surface area contributed by atoms with Crippen LogP contribution in [0, 0.1) is 26.7 Å². The largest absolute Gasteiger partial charge is 0.392 e. The molecular weight excluding hydrogens is 240 g/mol. The predicted molar refractivity (Wildman–Crippen MR) is 82.5 cm³/mol. The lowest BCUT2D eigenvalue weighted by Gasteiger charge is -2.16. The van der Waals surface area contributed by atoms with Gasteiger partial charge >= 0.3 is 0 Å². The van der Waals surface area contributed by atoms with E-state index in [-0.39, 0.29) is 6.10 Å². The molecule has 0 spiro atoms. The zero-order valence-electron chi connectivity index (χ0n) is 12.3. The molecule has 102 valence electrons. The second-order valence-corrected chi connectivity index (χ2v) is 6.74. The Balaban J connectivity index is 2.56. The highest BCUT2D eigenvalue weighted by atomic mass is 32.2. The smallest absolute Gasteiger partial charge is 0.0671 e. The molecule has 0 fully saturated rings. The van der Waals surface area contributed by atoms with Gasteiger partial charge in [-0.2, -0.15) is 11.8 Å². The van der Waals surface area contributed by atoms with Crippen molar-refractivity contribution in [2.24, 2.45) is 5.92 Å². The second kappa shape index (κ2) is 7.20. The number of hydrogen-bond donors (Lipinski definition) is 1. The third kappa shape index (κ3) is 5.03. The third-order valence-electron chi connectivity index (χ3n) is 3.04. The molecule has 0 amide bonds. The number of aryl methyl sites for hydroxylation is 3. The van der Waals surface area contributed by atoms with Crippen molar-refractivity contribution in [3.8, 4) is 0 Å². The molecule has 1 N–H and O–H groups in total. The number of hydrogen-bond acceptors (Lipinski definition) is 2. The van der Waals surface area contributed by atoms with E-state index in [1.165, 1.54) is 22.3 Å². The maximum absolute atomic E-state index is 10.1. The summed E-state index contributed by atoms with van der Waals surface area (Å²) < 4.78 is 0. The molecule has 0 aliphatic rings. The van der Waals surface area contributed by atoms with Gasteiger partial charge in [0.05, 0.1) is 6.10 Å². The van der Waals surface area contributed by atoms with Gasteiger partial charge in [0.15, 0.2) is 0 Å². The molecule has 0 saturated carbocycles. The Morgan fingerprint density at radius 1 is 1.06 bits per heavy atom. The molecule has 1 unspecified atom stereocenters. The van der Waals surface area contributed by atoms with Crippen molar-refractivity contribution in [1.29, 1.82) is 0 Å². The fourth-order valence-electron chi connectivity index (χ4n) is 2.27. The molecule has 1 nitrogen and oxygen atoms in total. The Morgan fingerprint density at radius 2 is 1.61 bits per heavy atom. The van der Waals surface area contributed by atoms with Crippen LogP contribution in [0.3, 0.4) is 0 Å². The summed E-state index contributed by atoms with van der Waals surface area (Å²) in [7, 11) is 0. The van der Waals surface area contributed by atoms with E-state index < -0.39 is 0 Å². The van der Waals surface area contributed by atoms with Crippen LogP contribution in [0.4, 0.5) is 0 Å². The van der Waals surface area contributed by atoms with Gasteiger partial charge in [-0.05, 0) is 55.6 Å². The molecule has 2 heteroatoms. The highest BCUT2D eigenvalue weighted by Gasteiger charge is 2.11. The molecule has 1 aromatic carbocycles. The van der Waals surface area contributed by atoms with Crippen LogP contribution in [0.5, 0.6) is 0 Å². The summed E-state index contributed by atoms with van der Waals surface area (Å²) in [4.78, 5) is 0. The molecule has 0 bridgehead atoms. The van der Waals surface area contributed by atoms with Crippen molar-refractivity contribution >= 4 is 11.8 Å². The topological polar surface area (TPSA) is 20.2 Å². The van der Waals surface area contributed by atoms with E-state index in [1.807, 2.05) is 11.8 Å². The van der Waals surface area contributed by atoms with Crippen molar-refractivity contribution in [3.63, 3.8) is 0 Å². The summed E-state index contributed by atoms with van der Waals surface area (Å²) in [5.41, 5.74) is 5.23. The molecule has 0 aliphatic heterocycles. The first-order valence-corrected chi connectivity index (χ1v) is 7.88. The Morgan fingerprint density at radius 3 is 2.11 bits per heavy atom. The SMILES string of the molecule is Cc1cc(C)c(CC(O)CSCC(C)C)c(C)c1. The summed E-state index contributed by atoms with van der Waals surface area (Å²) >= 11 is 1.85. The van der Waals surface area contributed by atoms with E-state index >= 15 is 0 Å². The first-order valence-electron chi connectivity index (χ1n) is 6.72. The summed E-state index contributed by atoms with van der Waals surface area (Å²) in [6.45, 7) is 10.8. The van der Waals surface area contributed by atoms with Crippen molar-refractivity contribution < 1.29 is 5.11 Å². The summed E-state index contributed by atoms with van der Waals surface area (Å²) in [5.74, 6) is 2.67. The van der Waals surface area contributed by atoms with E-state index in [0.29, 0.717) is 5.92 Å². The quantitative estimate of drug-likeness (QED) is 0.842.